The van der Waals surface area contributed by atoms with E-state index in [2.05, 4.69) is 20.3 Å². The molecule has 0 atom stereocenters. The highest BCUT2D eigenvalue weighted by molar-refractivity contribution is 5.91. The van der Waals surface area contributed by atoms with Gasteiger partial charge >= 0.3 is 6.01 Å². The van der Waals surface area contributed by atoms with Gasteiger partial charge in [0.15, 0.2) is 5.82 Å². The Hall–Kier alpha value is -3.00. The maximum Gasteiger partial charge on any atom is 0.321 e. The number of hydrogen-bond donors (Lipinski definition) is 1. The summed E-state index contributed by atoms with van der Waals surface area (Å²) >= 11 is 0. The standard InChI is InChI=1S/C19H23N5O3/c1-14-5-3-4-6-15(14)7-8-17(25)20-13-16-21-18(23-19(22-16)26-2)24-9-11-27-12-10-24/h3-8H,9-13H2,1-2H3,(H,20,25)/b8-7+. The molecular formula is C19H23N5O3. The number of nitrogens with one attached hydrogen (secondary N) is 1. The fraction of sp³-hybridized carbons (Fsp3) is 0.368. The molecule has 1 amide bonds. The lowest BCUT2D eigenvalue weighted by Gasteiger charge is -2.26. The van der Waals surface area contributed by atoms with E-state index in [1.165, 1.54) is 13.2 Å². The number of aromatic nitrogens is 3. The SMILES string of the molecule is COc1nc(CNC(=O)/C=C/c2ccccc2C)nc(N2CCOCC2)n1. The first-order valence-corrected chi connectivity index (χ1v) is 8.79. The second-order valence-electron chi connectivity index (χ2n) is 6.05. The van der Waals surface area contributed by atoms with Crippen molar-refractivity contribution in [2.45, 2.75) is 13.5 Å². The Bertz CT molecular complexity index is 819. The molecule has 1 aromatic heterocycles. The van der Waals surface area contributed by atoms with Crippen LogP contribution in [0.4, 0.5) is 5.95 Å². The van der Waals surface area contributed by atoms with Crippen LogP contribution in [0.2, 0.25) is 0 Å². The number of carbonyl (C=O) groups excluding carboxylic acids is 1. The smallest absolute Gasteiger partial charge is 0.321 e. The Balaban J connectivity index is 1.64. The molecule has 1 aliphatic heterocycles. The van der Waals surface area contributed by atoms with Crippen molar-refractivity contribution in [3.05, 3.63) is 47.3 Å². The van der Waals surface area contributed by atoms with Gasteiger partial charge in [-0.3, -0.25) is 4.79 Å². The fourth-order valence-electron chi connectivity index (χ4n) is 2.63. The number of morpholine rings is 1. The fourth-order valence-corrected chi connectivity index (χ4v) is 2.63. The Morgan fingerprint density at radius 3 is 2.78 bits per heavy atom. The van der Waals surface area contributed by atoms with Gasteiger partial charge in [-0.1, -0.05) is 24.3 Å². The summed E-state index contributed by atoms with van der Waals surface area (Å²) in [6.45, 7) is 4.86. The van der Waals surface area contributed by atoms with Gasteiger partial charge in [0.1, 0.15) is 0 Å². The number of rotatable bonds is 6. The van der Waals surface area contributed by atoms with Crippen molar-refractivity contribution in [1.82, 2.24) is 20.3 Å². The van der Waals surface area contributed by atoms with Crippen LogP contribution in [-0.4, -0.2) is 54.3 Å². The summed E-state index contributed by atoms with van der Waals surface area (Å²) in [5.41, 5.74) is 2.11. The minimum Gasteiger partial charge on any atom is -0.467 e. The largest absolute Gasteiger partial charge is 0.467 e. The molecule has 1 N–H and O–H groups in total. The quantitative estimate of drug-likeness (QED) is 0.769. The molecule has 1 saturated heterocycles. The van der Waals surface area contributed by atoms with Crippen molar-refractivity contribution in [2.75, 3.05) is 38.3 Å². The summed E-state index contributed by atoms with van der Waals surface area (Å²) in [6, 6.07) is 8.10. The van der Waals surface area contributed by atoms with Gasteiger partial charge in [-0.25, -0.2) is 0 Å². The predicted octanol–water partition coefficient (Wildman–Crippen LogP) is 1.35. The number of methoxy groups -OCH3 is 1. The van der Waals surface area contributed by atoms with Gasteiger partial charge in [-0.15, -0.1) is 0 Å². The van der Waals surface area contributed by atoms with Crippen LogP contribution in [0.25, 0.3) is 6.08 Å². The Labute approximate surface area is 158 Å². The zero-order chi connectivity index (χ0) is 19.1. The maximum atomic E-state index is 12.1. The van der Waals surface area contributed by atoms with Gasteiger partial charge in [0, 0.05) is 19.2 Å². The average Bonchev–Trinajstić information content (AvgIpc) is 2.72. The highest BCUT2D eigenvalue weighted by Gasteiger charge is 2.17. The average molecular weight is 369 g/mol. The van der Waals surface area contributed by atoms with Crippen LogP contribution in [0.5, 0.6) is 6.01 Å². The summed E-state index contributed by atoms with van der Waals surface area (Å²) < 4.78 is 10.5. The van der Waals surface area contributed by atoms with Crippen molar-refractivity contribution in [1.29, 1.82) is 0 Å². The molecule has 1 aliphatic rings. The van der Waals surface area contributed by atoms with Crippen molar-refractivity contribution in [3.8, 4) is 6.01 Å². The van der Waals surface area contributed by atoms with Crippen molar-refractivity contribution < 1.29 is 14.3 Å². The lowest BCUT2D eigenvalue weighted by molar-refractivity contribution is -0.116. The molecule has 0 spiro atoms. The number of benzene rings is 1. The molecule has 8 heteroatoms. The molecule has 0 saturated carbocycles. The van der Waals surface area contributed by atoms with E-state index in [0.29, 0.717) is 38.1 Å². The molecule has 1 fully saturated rings. The number of nitrogens with zero attached hydrogens (tertiary/aromatic N) is 4. The summed E-state index contributed by atoms with van der Waals surface area (Å²) in [6.07, 6.45) is 3.29. The Morgan fingerprint density at radius 1 is 1.26 bits per heavy atom. The number of ether oxygens (including phenoxy) is 2. The summed E-state index contributed by atoms with van der Waals surface area (Å²) in [7, 11) is 1.51. The van der Waals surface area contributed by atoms with Gasteiger partial charge in [0.05, 0.1) is 26.9 Å². The number of aryl methyl sites for hydroxylation is 1. The summed E-state index contributed by atoms with van der Waals surface area (Å²) in [5.74, 6) is 0.761. The maximum absolute atomic E-state index is 12.1. The number of carbonyl (C=O) groups is 1. The van der Waals surface area contributed by atoms with E-state index >= 15 is 0 Å². The van der Waals surface area contributed by atoms with Gasteiger partial charge in [-0.05, 0) is 24.1 Å². The van der Waals surface area contributed by atoms with Crippen LogP contribution in [0, 0.1) is 6.92 Å². The van der Waals surface area contributed by atoms with Crippen LogP contribution in [0.1, 0.15) is 17.0 Å². The van der Waals surface area contributed by atoms with E-state index < -0.39 is 0 Å². The lowest BCUT2D eigenvalue weighted by atomic mass is 10.1. The molecule has 1 aromatic carbocycles. The molecule has 0 radical (unpaired) electrons. The van der Waals surface area contributed by atoms with Crippen LogP contribution in [0.3, 0.4) is 0 Å². The molecule has 2 aromatic rings. The topological polar surface area (TPSA) is 89.5 Å². The first-order valence-electron chi connectivity index (χ1n) is 8.79. The minimum atomic E-state index is -0.217. The number of anilines is 1. The van der Waals surface area contributed by atoms with E-state index in [0.717, 1.165) is 11.1 Å². The van der Waals surface area contributed by atoms with Gasteiger partial charge in [-0.2, -0.15) is 15.0 Å². The highest BCUT2D eigenvalue weighted by atomic mass is 16.5. The monoisotopic (exact) mass is 369 g/mol. The van der Waals surface area contributed by atoms with Crippen molar-refractivity contribution in [2.24, 2.45) is 0 Å². The van der Waals surface area contributed by atoms with Crippen LogP contribution in [0.15, 0.2) is 30.3 Å². The van der Waals surface area contributed by atoms with E-state index in [9.17, 15) is 4.79 Å². The van der Waals surface area contributed by atoms with E-state index in [1.54, 1.807) is 6.08 Å². The van der Waals surface area contributed by atoms with Crippen molar-refractivity contribution in [3.63, 3.8) is 0 Å². The Kier molecular flexibility index (Phi) is 6.32. The molecule has 0 bridgehead atoms. The second kappa shape index (κ2) is 9.09. The molecule has 0 unspecified atom stereocenters. The number of hydrogen-bond acceptors (Lipinski definition) is 7. The molecule has 2 heterocycles. The highest BCUT2D eigenvalue weighted by Crippen LogP contribution is 2.14. The molecule has 0 aliphatic carbocycles. The summed E-state index contributed by atoms with van der Waals surface area (Å²) in [5, 5.41) is 2.79. The predicted molar refractivity (Wildman–Crippen MR) is 101 cm³/mol. The third kappa shape index (κ3) is 5.24. The zero-order valence-electron chi connectivity index (χ0n) is 15.5. The normalized spacial score (nSPS) is 14.4. The molecule has 142 valence electrons. The number of amides is 1. The van der Waals surface area contributed by atoms with E-state index in [1.807, 2.05) is 36.1 Å². The van der Waals surface area contributed by atoms with Gasteiger partial charge in [0.2, 0.25) is 11.9 Å². The molecule has 8 nitrogen and oxygen atoms in total. The molecule has 3 rings (SSSR count). The minimum absolute atomic E-state index is 0.188. The third-order valence-corrected chi connectivity index (χ3v) is 4.15. The summed E-state index contributed by atoms with van der Waals surface area (Å²) in [4.78, 5) is 27.1. The first-order chi connectivity index (χ1) is 13.2. The van der Waals surface area contributed by atoms with Crippen molar-refractivity contribution >= 4 is 17.9 Å². The van der Waals surface area contributed by atoms with Crippen LogP contribution >= 0.6 is 0 Å². The van der Waals surface area contributed by atoms with Crippen LogP contribution < -0.4 is 15.0 Å². The molecular weight excluding hydrogens is 346 g/mol. The van der Waals surface area contributed by atoms with E-state index in [-0.39, 0.29) is 18.5 Å². The van der Waals surface area contributed by atoms with Gasteiger partial charge in [0.25, 0.3) is 0 Å². The zero-order valence-corrected chi connectivity index (χ0v) is 15.5. The van der Waals surface area contributed by atoms with Crippen LogP contribution in [-0.2, 0) is 16.1 Å². The van der Waals surface area contributed by atoms with E-state index in [4.69, 9.17) is 9.47 Å². The van der Waals surface area contributed by atoms with Gasteiger partial charge < -0.3 is 19.7 Å². The lowest BCUT2D eigenvalue weighted by Crippen LogP contribution is -2.37. The Morgan fingerprint density at radius 2 is 2.04 bits per heavy atom. The second-order valence-corrected chi connectivity index (χ2v) is 6.05. The molecule has 27 heavy (non-hydrogen) atoms. The first kappa shape index (κ1) is 18.8. The third-order valence-electron chi connectivity index (χ3n) is 4.15.